The first-order chi connectivity index (χ1) is 5.20. The molecular weight excluding hydrogens is 142 g/mol. The zero-order chi connectivity index (χ0) is 8.27. The highest BCUT2D eigenvalue weighted by atomic mass is 16.4. The molecule has 1 aliphatic carbocycles. The maximum absolute atomic E-state index is 10.3. The molecule has 0 aromatic carbocycles. The molecule has 2 unspecified atom stereocenters. The summed E-state index contributed by atoms with van der Waals surface area (Å²) >= 11 is 0. The molecule has 2 N–H and O–H groups in total. The van der Waals surface area contributed by atoms with E-state index in [1.54, 1.807) is 0 Å². The van der Waals surface area contributed by atoms with Gasteiger partial charge in [0.2, 0.25) is 0 Å². The van der Waals surface area contributed by atoms with E-state index in [2.05, 4.69) is 12.2 Å². The summed E-state index contributed by atoms with van der Waals surface area (Å²) in [4.78, 5) is 10.3. The van der Waals surface area contributed by atoms with Crippen molar-refractivity contribution in [1.29, 1.82) is 0 Å². The zero-order valence-electron chi connectivity index (χ0n) is 6.84. The van der Waals surface area contributed by atoms with Gasteiger partial charge in [0, 0.05) is 6.04 Å². The van der Waals surface area contributed by atoms with Crippen molar-refractivity contribution in [2.75, 3.05) is 0 Å². The number of hydrogen-bond acceptors (Lipinski definition) is 1. The summed E-state index contributed by atoms with van der Waals surface area (Å²) in [5.41, 5.74) is 0. The Morgan fingerprint density at radius 3 is 2.64 bits per heavy atom. The van der Waals surface area contributed by atoms with E-state index >= 15 is 0 Å². The Hall–Kier alpha value is -0.730. The number of hydrogen-bond donors (Lipinski definition) is 2. The first kappa shape index (κ1) is 8.37. The highest BCUT2D eigenvalue weighted by molar-refractivity contribution is 5.64. The number of carbonyl (C=O) groups is 1. The van der Waals surface area contributed by atoms with Crippen LogP contribution in [-0.2, 0) is 0 Å². The van der Waals surface area contributed by atoms with Crippen LogP contribution in [-0.4, -0.2) is 17.2 Å². The minimum absolute atomic E-state index is 0.196. The molecule has 0 spiro atoms. The van der Waals surface area contributed by atoms with Crippen molar-refractivity contribution in [2.45, 2.75) is 38.6 Å². The van der Waals surface area contributed by atoms with E-state index in [9.17, 15) is 4.79 Å². The molecule has 0 saturated heterocycles. The Morgan fingerprint density at radius 2 is 2.09 bits per heavy atom. The van der Waals surface area contributed by atoms with E-state index in [0.29, 0.717) is 5.92 Å². The van der Waals surface area contributed by atoms with Crippen LogP contribution in [0.2, 0.25) is 0 Å². The summed E-state index contributed by atoms with van der Waals surface area (Å²) in [6, 6.07) is 0.196. The third-order valence-electron chi connectivity index (χ3n) is 2.42. The molecule has 1 amide bonds. The topological polar surface area (TPSA) is 49.3 Å². The van der Waals surface area contributed by atoms with Gasteiger partial charge in [-0.25, -0.2) is 4.79 Å². The van der Waals surface area contributed by atoms with Gasteiger partial charge in [0.1, 0.15) is 0 Å². The molecule has 0 aliphatic heterocycles. The SMILES string of the molecule is CC1CCCCC1NC(=O)O. The molecule has 64 valence electrons. The molecule has 1 fully saturated rings. The quantitative estimate of drug-likeness (QED) is 0.610. The van der Waals surface area contributed by atoms with E-state index in [1.807, 2.05) is 0 Å². The van der Waals surface area contributed by atoms with E-state index in [1.165, 1.54) is 6.42 Å². The molecule has 0 radical (unpaired) electrons. The van der Waals surface area contributed by atoms with Crippen molar-refractivity contribution in [2.24, 2.45) is 5.92 Å². The normalized spacial score (nSPS) is 31.4. The van der Waals surface area contributed by atoms with Crippen LogP contribution in [0.15, 0.2) is 0 Å². The van der Waals surface area contributed by atoms with Gasteiger partial charge in [0.05, 0.1) is 0 Å². The molecule has 0 aromatic heterocycles. The van der Waals surface area contributed by atoms with Crippen LogP contribution in [0, 0.1) is 5.92 Å². The van der Waals surface area contributed by atoms with Crippen molar-refractivity contribution in [3.05, 3.63) is 0 Å². The maximum atomic E-state index is 10.3. The second-order valence-electron chi connectivity index (χ2n) is 3.32. The average Bonchev–Trinajstić information content (AvgIpc) is 1.93. The van der Waals surface area contributed by atoms with Crippen LogP contribution in [0.1, 0.15) is 32.6 Å². The minimum Gasteiger partial charge on any atom is -0.465 e. The Morgan fingerprint density at radius 1 is 1.45 bits per heavy atom. The van der Waals surface area contributed by atoms with E-state index in [-0.39, 0.29) is 6.04 Å². The van der Waals surface area contributed by atoms with E-state index in [4.69, 9.17) is 5.11 Å². The third kappa shape index (κ3) is 2.41. The predicted molar refractivity (Wildman–Crippen MR) is 42.6 cm³/mol. The van der Waals surface area contributed by atoms with Crippen molar-refractivity contribution < 1.29 is 9.90 Å². The summed E-state index contributed by atoms with van der Waals surface area (Å²) in [7, 11) is 0. The lowest BCUT2D eigenvalue weighted by molar-refractivity contribution is 0.178. The van der Waals surface area contributed by atoms with Crippen LogP contribution in [0.5, 0.6) is 0 Å². The molecule has 3 heteroatoms. The summed E-state index contributed by atoms with van der Waals surface area (Å²) in [5.74, 6) is 0.514. The van der Waals surface area contributed by atoms with Crippen molar-refractivity contribution in [3.63, 3.8) is 0 Å². The van der Waals surface area contributed by atoms with Gasteiger partial charge < -0.3 is 10.4 Å². The van der Waals surface area contributed by atoms with Gasteiger partial charge in [0.25, 0.3) is 0 Å². The van der Waals surface area contributed by atoms with Crippen molar-refractivity contribution in [1.82, 2.24) is 5.32 Å². The van der Waals surface area contributed by atoms with Gasteiger partial charge in [0.15, 0.2) is 0 Å². The molecule has 1 aliphatic rings. The smallest absolute Gasteiger partial charge is 0.404 e. The molecular formula is C8H15NO2. The first-order valence-corrected chi connectivity index (χ1v) is 4.19. The lowest BCUT2D eigenvalue weighted by Crippen LogP contribution is -2.40. The molecule has 0 bridgehead atoms. The summed E-state index contributed by atoms with van der Waals surface area (Å²) in [5, 5.41) is 11.0. The van der Waals surface area contributed by atoms with E-state index in [0.717, 1.165) is 19.3 Å². The highest BCUT2D eigenvalue weighted by Gasteiger charge is 2.22. The Kier molecular flexibility index (Phi) is 2.74. The van der Waals surface area contributed by atoms with Gasteiger partial charge in [-0.2, -0.15) is 0 Å². The predicted octanol–water partition coefficient (Wildman–Crippen LogP) is 1.83. The average molecular weight is 157 g/mol. The van der Waals surface area contributed by atoms with Gasteiger partial charge in [-0.05, 0) is 18.8 Å². The molecule has 0 aromatic rings. The number of rotatable bonds is 1. The highest BCUT2D eigenvalue weighted by Crippen LogP contribution is 2.23. The van der Waals surface area contributed by atoms with Crippen molar-refractivity contribution >= 4 is 6.09 Å². The Bertz CT molecular complexity index is 147. The Labute approximate surface area is 66.8 Å². The van der Waals surface area contributed by atoms with Gasteiger partial charge in [-0.3, -0.25) is 0 Å². The fourth-order valence-corrected chi connectivity index (χ4v) is 1.69. The fourth-order valence-electron chi connectivity index (χ4n) is 1.69. The molecule has 2 atom stereocenters. The first-order valence-electron chi connectivity index (χ1n) is 4.19. The van der Waals surface area contributed by atoms with Gasteiger partial charge in [-0.15, -0.1) is 0 Å². The largest absolute Gasteiger partial charge is 0.465 e. The minimum atomic E-state index is -0.885. The van der Waals surface area contributed by atoms with Crippen LogP contribution in [0.3, 0.4) is 0 Å². The molecule has 1 rings (SSSR count). The second kappa shape index (κ2) is 3.60. The summed E-state index contributed by atoms with van der Waals surface area (Å²) < 4.78 is 0. The standard InChI is InChI=1S/C8H15NO2/c1-6-4-2-3-5-7(6)9-8(10)11/h6-7,9H,2-5H2,1H3,(H,10,11). The molecule has 1 saturated carbocycles. The fraction of sp³-hybridized carbons (Fsp3) is 0.875. The number of nitrogens with one attached hydrogen (secondary N) is 1. The van der Waals surface area contributed by atoms with Gasteiger partial charge >= 0.3 is 6.09 Å². The monoisotopic (exact) mass is 157 g/mol. The summed E-state index contributed by atoms with van der Waals surface area (Å²) in [6.07, 6.45) is 3.69. The molecule has 0 heterocycles. The number of amides is 1. The van der Waals surface area contributed by atoms with Gasteiger partial charge in [-0.1, -0.05) is 19.8 Å². The van der Waals surface area contributed by atoms with E-state index < -0.39 is 6.09 Å². The lowest BCUT2D eigenvalue weighted by Gasteiger charge is -2.28. The van der Waals surface area contributed by atoms with Crippen LogP contribution in [0.4, 0.5) is 4.79 Å². The zero-order valence-corrected chi connectivity index (χ0v) is 6.84. The number of carboxylic acid groups (broad SMARTS) is 1. The van der Waals surface area contributed by atoms with Crippen LogP contribution in [0.25, 0.3) is 0 Å². The second-order valence-corrected chi connectivity index (χ2v) is 3.32. The molecule has 3 nitrogen and oxygen atoms in total. The molecule has 11 heavy (non-hydrogen) atoms. The van der Waals surface area contributed by atoms with Crippen molar-refractivity contribution in [3.8, 4) is 0 Å². The van der Waals surface area contributed by atoms with Crippen LogP contribution < -0.4 is 5.32 Å². The van der Waals surface area contributed by atoms with Crippen LogP contribution >= 0.6 is 0 Å². The Balaban J connectivity index is 2.35. The summed E-state index contributed by atoms with van der Waals surface area (Å²) in [6.45, 7) is 2.11. The maximum Gasteiger partial charge on any atom is 0.404 e. The lowest BCUT2D eigenvalue weighted by atomic mass is 9.86. The third-order valence-corrected chi connectivity index (χ3v) is 2.42.